The van der Waals surface area contributed by atoms with E-state index >= 15 is 0 Å². The molecule has 0 aliphatic carbocycles. The van der Waals surface area contributed by atoms with E-state index in [1.165, 1.54) is 12.1 Å². The van der Waals surface area contributed by atoms with Gasteiger partial charge in [0, 0.05) is 13.1 Å². The molecule has 0 bridgehead atoms. The molecule has 6 nitrogen and oxygen atoms in total. The van der Waals surface area contributed by atoms with Gasteiger partial charge in [0.05, 0.1) is 22.8 Å². The topological polar surface area (TPSA) is 96.0 Å². The highest BCUT2D eigenvalue weighted by molar-refractivity contribution is 7.91. The highest BCUT2D eigenvalue weighted by atomic mass is 32.2. The summed E-state index contributed by atoms with van der Waals surface area (Å²) in [5.41, 5.74) is 5.88. The van der Waals surface area contributed by atoms with Gasteiger partial charge in [-0.2, -0.15) is 0 Å². The molecule has 0 spiro atoms. The number of hydrogen-bond acceptors (Lipinski definition) is 5. The van der Waals surface area contributed by atoms with Gasteiger partial charge in [-0.25, -0.2) is 12.8 Å². The molecule has 0 saturated carbocycles. The number of halogens is 1. The van der Waals surface area contributed by atoms with E-state index in [4.69, 9.17) is 10.9 Å². The summed E-state index contributed by atoms with van der Waals surface area (Å²) < 4.78 is 36.9. The van der Waals surface area contributed by atoms with Crippen LogP contribution in [0.3, 0.4) is 0 Å². The summed E-state index contributed by atoms with van der Waals surface area (Å²) in [6.45, 7) is 0. The van der Waals surface area contributed by atoms with Gasteiger partial charge in [0.25, 0.3) is 0 Å². The van der Waals surface area contributed by atoms with Crippen LogP contribution in [-0.4, -0.2) is 44.1 Å². The van der Waals surface area contributed by atoms with Crippen molar-refractivity contribution in [3.63, 3.8) is 0 Å². The highest BCUT2D eigenvalue weighted by Gasteiger charge is 2.32. The van der Waals surface area contributed by atoms with Crippen LogP contribution < -0.4 is 10.6 Å². The molecule has 0 radical (unpaired) electrons. The van der Waals surface area contributed by atoms with Gasteiger partial charge in [0.1, 0.15) is 5.82 Å². The molecule has 3 N–H and O–H groups in total. The SMILES string of the molecule is CN(c1cccc(F)c1C(N)=NO)C1CCS(=O)(=O)C1. The molecule has 1 heterocycles. The van der Waals surface area contributed by atoms with E-state index in [1.54, 1.807) is 18.0 Å². The number of oxime groups is 1. The number of benzene rings is 1. The summed E-state index contributed by atoms with van der Waals surface area (Å²) in [7, 11) is -1.37. The van der Waals surface area contributed by atoms with Crippen LogP contribution in [0.25, 0.3) is 0 Å². The van der Waals surface area contributed by atoms with Crippen molar-refractivity contribution in [1.82, 2.24) is 0 Å². The number of hydrogen-bond donors (Lipinski definition) is 2. The Hall–Kier alpha value is -1.83. The van der Waals surface area contributed by atoms with Gasteiger partial charge in [-0.3, -0.25) is 0 Å². The molecule has 2 rings (SSSR count). The predicted octanol–water partition coefficient (Wildman–Crippen LogP) is 0.544. The molecule has 20 heavy (non-hydrogen) atoms. The molecule has 1 atom stereocenters. The zero-order valence-electron chi connectivity index (χ0n) is 11.0. The molecule has 0 aromatic heterocycles. The number of sulfone groups is 1. The van der Waals surface area contributed by atoms with Gasteiger partial charge in [0.2, 0.25) is 0 Å². The lowest BCUT2D eigenvalue weighted by atomic mass is 10.1. The van der Waals surface area contributed by atoms with Crippen LogP contribution in [0.1, 0.15) is 12.0 Å². The van der Waals surface area contributed by atoms with Crippen molar-refractivity contribution in [3.8, 4) is 0 Å². The van der Waals surface area contributed by atoms with Crippen LogP contribution in [0.5, 0.6) is 0 Å². The standard InChI is InChI=1S/C12H16FN3O3S/c1-16(8-5-6-20(18,19)7-8)10-4-2-3-9(13)11(10)12(14)15-17/h2-4,8,17H,5-7H2,1H3,(H2,14,15). The average Bonchev–Trinajstić information content (AvgIpc) is 2.77. The summed E-state index contributed by atoms with van der Waals surface area (Å²) in [5, 5.41) is 11.6. The van der Waals surface area contributed by atoms with Crippen LogP contribution in [0.15, 0.2) is 23.4 Å². The molecule has 0 amide bonds. The summed E-state index contributed by atoms with van der Waals surface area (Å²) >= 11 is 0. The van der Waals surface area contributed by atoms with E-state index in [1.807, 2.05) is 0 Å². The van der Waals surface area contributed by atoms with Crippen molar-refractivity contribution in [3.05, 3.63) is 29.6 Å². The van der Waals surface area contributed by atoms with E-state index in [0.29, 0.717) is 12.1 Å². The van der Waals surface area contributed by atoms with E-state index in [9.17, 15) is 12.8 Å². The first-order chi connectivity index (χ1) is 9.35. The lowest BCUT2D eigenvalue weighted by Crippen LogP contribution is -2.34. The molecule has 1 fully saturated rings. The van der Waals surface area contributed by atoms with Crippen molar-refractivity contribution in [2.75, 3.05) is 23.5 Å². The third kappa shape index (κ3) is 2.69. The molecule has 1 saturated heterocycles. The van der Waals surface area contributed by atoms with Gasteiger partial charge in [-0.15, -0.1) is 0 Å². The number of rotatable bonds is 3. The highest BCUT2D eigenvalue weighted by Crippen LogP contribution is 2.27. The van der Waals surface area contributed by atoms with Crippen LogP contribution in [0.4, 0.5) is 10.1 Å². The fraction of sp³-hybridized carbons (Fsp3) is 0.417. The number of nitrogens with two attached hydrogens (primary N) is 1. The van der Waals surface area contributed by atoms with Gasteiger partial charge in [0.15, 0.2) is 15.7 Å². The van der Waals surface area contributed by atoms with Crippen LogP contribution >= 0.6 is 0 Å². The van der Waals surface area contributed by atoms with Gasteiger partial charge < -0.3 is 15.8 Å². The van der Waals surface area contributed by atoms with Crippen molar-refractivity contribution in [2.45, 2.75) is 12.5 Å². The monoisotopic (exact) mass is 301 g/mol. The second-order valence-corrected chi connectivity index (χ2v) is 7.02. The minimum absolute atomic E-state index is 0.0234. The Balaban J connectivity index is 2.40. The minimum Gasteiger partial charge on any atom is -0.409 e. The smallest absolute Gasteiger partial charge is 0.175 e. The Bertz CT molecular complexity index is 645. The number of amidine groups is 1. The lowest BCUT2D eigenvalue weighted by molar-refractivity contribution is 0.318. The molecular weight excluding hydrogens is 285 g/mol. The third-order valence-corrected chi connectivity index (χ3v) is 5.24. The number of anilines is 1. The van der Waals surface area contributed by atoms with Crippen molar-refractivity contribution >= 4 is 21.4 Å². The van der Waals surface area contributed by atoms with Crippen LogP contribution in [0, 0.1) is 5.82 Å². The van der Waals surface area contributed by atoms with Crippen LogP contribution in [-0.2, 0) is 9.84 Å². The Labute approximate surface area is 116 Å². The Morgan fingerprint density at radius 3 is 2.80 bits per heavy atom. The molecule has 1 aromatic carbocycles. The molecule has 1 unspecified atom stereocenters. The molecule has 1 aliphatic rings. The Kier molecular flexibility index (Phi) is 3.85. The normalized spacial score (nSPS) is 21.9. The maximum absolute atomic E-state index is 13.9. The molecule has 110 valence electrons. The van der Waals surface area contributed by atoms with Crippen molar-refractivity contribution in [2.24, 2.45) is 10.9 Å². The van der Waals surface area contributed by atoms with E-state index < -0.39 is 15.7 Å². The quantitative estimate of drug-likeness (QED) is 0.368. The fourth-order valence-corrected chi connectivity index (χ4v) is 4.16. The molecule has 8 heteroatoms. The Morgan fingerprint density at radius 2 is 2.25 bits per heavy atom. The second kappa shape index (κ2) is 5.28. The largest absolute Gasteiger partial charge is 0.409 e. The summed E-state index contributed by atoms with van der Waals surface area (Å²) in [6, 6.07) is 4.07. The first-order valence-corrected chi connectivity index (χ1v) is 7.87. The Morgan fingerprint density at radius 1 is 1.55 bits per heavy atom. The van der Waals surface area contributed by atoms with E-state index in [-0.39, 0.29) is 28.9 Å². The number of nitrogens with zero attached hydrogens (tertiary/aromatic N) is 2. The fourth-order valence-electron chi connectivity index (χ4n) is 2.39. The first kappa shape index (κ1) is 14.6. The van der Waals surface area contributed by atoms with Crippen molar-refractivity contribution in [1.29, 1.82) is 0 Å². The second-order valence-electron chi connectivity index (χ2n) is 4.79. The van der Waals surface area contributed by atoms with Crippen molar-refractivity contribution < 1.29 is 18.0 Å². The zero-order valence-corrected chi connectivity index (χ0v) is 11.8. The maximum Gasteiger partial charge on any atom is 0.175 e. The zero-order chi connectivity index (χ0) is 14.9. The average molecular weight is 301 g/mol. The minimum atomic E-state index is -3.04. The van der Waals surface area contributed by atoms with Gasteiger partial charge >= 0.3 is 0 Å². The summed E-state index contributed by atoms with van der Waals surface area (Å²) in [6.07, 6.45) is 0.477. The third-order valence-electron chi connectivity index (χ3n) is 3.49. The van der Waals surface area contributed by atoms with E-state index in [0.717, 1.165) is 0 Å². The summed E-state index contributed by atoms with van der Waals surface area (Å²) in [4.78, 5) is 1.67. The molecule has 1 aromatic rings. The first-order valence-electron chi connectivity index (χ1n) is 6.05. The summed E-state index contributed by atoms with van der Waals surface area (Å²) in [5.74, 6) is -0.817. The van der Waals surface area contributed by atoms with Gasteiger partial charge in [-0.1, -0.05) is 11.2 Å². The maximum atomic E-state index is 13.9. The molecular formula is C12H16FN3O3S. The van der Waals surface area contributed by atoms with Crippen LogP contribution in [0.2, 0.25) is 0 Å². The lowest BCUT2D eigenvalue weighted by Gasteiger charge is -2.27. The van der Waals surface area contributed by atoms with E-state index in [2.05, 4.69) is 5.16 Å². The molecule has 1 aliphatic heterocycles. The van der Waals surface area contributed by atoms with Gasteiger partial charge in [-0.05, 0) is 18.6 Å². The predicted molar refractivity (Wildman–Crippen MR) is 74.4 cm³/mol.